The van der Waals surface area contributed by atoms with E-state index in [4.69, 9.17) is 0 Å². The predicted octanol–water partition coefficient (Wildman–Crippen LogP) is 2.44. The zero-order chi connectivity index (χ0) is 13.0. The monoisotopic (exact) mass is 254 g/mol. The normalized spacial score (nSPS) is 19.6. The van der Waals surface area contributed by atoms with E-state index < -0.39 is 11.6 Å². The van der Waals surface area contributed by atoms with Gasteiger partial charge >= 0.3 is 0 Å². The molecule has 0 radical (unpaired) electrons. The average molecular weight is 254 g/mol. The quantitative estimate of drug-likeness (QED) is 0.869. The minimum absolute atomic E-state index is 0.0252. The fraction of sp³-hybridized carbons (Fsp3) is 0.462. The molecule has 98 valence electrons. The van der Waals surface area contributed by atoms with Crippen molar-refractivity contribution in [3.63, 3.8) is 0 Å². The van der Waals surface area contributed by atoms with Crippen molar-refractivity contribution in [3.05, 3.63) is 29.8 Å². The van der Waals surface area contributed by atoms with Gasteiger partial charge < -0.3 is 10.6 Å². The van der Waals surface area contributed by atoms with Crippen molar-refractivity contribution in [2.75, 3.05) is 11.9 Å². The lowest BCUT2D eigenvalue weighted by Gasteiger charge is -2.22. The highest BCUT2D eigenvalue weighted by Gasteiger charge is 2.17. The van der Waals surface area contributed by atoms with Gasteiger partial charge in [-0.1, -0.05) is 6.42 Å². The Hall–Kier alpha value is -1.49. The number of rotatable bonds is 3. The van der Waals surface area contributed by atoms with E-state index in [1.165, 1.54) is 6.07 Å². The van der Waals surface area contributed by atoms with Gasteiger partial charge in [-0.25, -0.2) is 8.78 Å². The SMILES string of the molecule is O=C(CC1CCCCN1)Nc1ccc(F)cc1F. The van der Waals surface area contributed by atoms with Gasteiger partial charge in [-0.15, -0.1) is 0 Å². The molecule has 2 rings (SSSR count). The van der Waals surface area contributed by atoms with Crippen LogP contribution >= 0.6 is 0 Å². The molecule has 0 bridgehead atoms. The van der Waals surface area contributed by atoms with Crippen LogP contribution in [0.2, 0.25) is 0 Å². The van der Waals surface area contributed by atoms with Crippen LogP contribution in [0.25, 0.3) is 0 Å². The summed E-state index contributed by atoms with van der Waals surface area (Å²) < 4.78 is 26.0. The van der Waals surface area contributed by atoms with Crippen LogP contribution in [0.5, 0.6) is 0 Å². The number of nitrogens with one attached hydrogen (secondary N) is 2. The van der Waals surface area contributed by atoms with Gasteiger partial charge in [0.05, 0.1) is 5.69 Å². The molecule has 0 saturated carbocycles. The zero-order valence-corrected chi connectivity index (χ0v) is 10.0. The molecule has 5 heteroatoms. The molecule has 1 unspecified atom stereocenters. The molecule has 0 aromatic heterocycles. The molecule has 1 aliphatic heterocycles. The molecule has 1 fully saturated rings. The van der Waals surface area contributed by atoms with Crippen LogP contribution in [0.1, 0.15) is 25.7 Å². The molecule has 3 nitrogen and oxygen atoms in total. The summed E-state index contributed by atoms with van der Waals surface area (Å²) in [5.74, 6) is -1.65. The molecule has 0 spiro atoms. The lowest BCUT2D eigenvalue weighted by Crippen LogP contribution is -2.37. The van der Waals surface area contributed by atoms with E-state index in [0.717, 1.165) is 37.9 Å². The number of anilines is 1. The first-order chi connectivity index (χ1) is 8.65. The molecular formula is C13H16F2N2O. The molecule has 1 heterocycles. The summed E-state index contributed by atoms with van der Waals surface area (Å²) in [4.78, 5) is 11.7. The molecular weight excluding hydrogens is 238 g/mol. The Morgan fingerprint density at radius 3 is 2.89 bits per heavy atom. The number of piperidine rings is 1. The van der Waals surface area contributed by atoms with Crippen molar-refractivity contribution in [2.24, 2.45) is 0 Å². The van der Waals surface area contributed by atoms with Crippen LogP contribution in [0.3, 0.4) is 0 Å². The van der Waals surface area contributed by atoms with E-state index in [1.807, 2.05) is 0 Å². The summed E-state index contributed by atoms with van der Waals surface area (Å²) in [6.07, 6.45) is 3.51. The number of benzene rings is 1. The average Bonchev–Trinajstić information content (AvgIpc) is 2.34. The van der Waals surface area contributed by atoms with Crippen molar-refractivity contribution in [1.82, 2.24) is 5.32 Å². The summed E-state index contributed by atoms with van der Waals surface area (Å²) >= 11 is 0. The highest BCUT2D eigenvalue weighted by molar-refractivity contribution is 5.91. The number of hydrogen-bond acceptors (Lipinski definition) is 2. The van der Waals surface area contributed by atoms with Crippen molar-refractivity contribution in [1.29, 1.82) is 0 Å². The van der Waals surface area contributed by atoms with Crippen molar-refractivity contribution >= 4 is 11.6 Å². The lowest BCUT2D eigenvalue weighted by atomic mass is 10.0. The van der Waals surface area contributed by atoms with E-state index in [0.29, 0.717) is 6.42 Å². The number of halogens is 2. The summed E-state index contributed by atoms with van der Waals surface area (Å²) in [6, 6.07) is 3.27. The molecule has 1 atom stereocenters. The zero-order valence-electron chi connectivity index (χ0n) is 10.0. The Labute approximate surface area is 105 Å². The van der Waals surface area contributed by atoms with Crippen LogP contribution in [0.15, 0.2) is 18.2 Å². The van der Waals surface area contributed by atoms with Gasteiger partial charge in [-0.3, -0.25) is 4.79 Å². The Balaban J connectivity index is 1.90. The van der Waals surface area contributed by atoms with Crippen LogP contribution in [0, 0.1) is 11.6 Å². The van der Waals surface area contributed by atoms with Crippen molar-refractivity contribution < 1.29 is 13.6 Å². The van der Waals surface area contributed by atoms with Gasteiger partial charge in [-0.05, 0) is 31.5 Å². The van der Waals surface area contributed by atoms with Crippen LogP contribution in [-0.2, 0) is 4.79 Å². The molecule has 0 aliphatic carbocycles. The minimum atomic E-state index is -0.750. The second kappa shape index (κ2) is 5.91. The molecule has 2 N–H and O–H groups in total. The van der Waals surface area contributed by atoms with Crippen LogP contribution < -0.4 is 10.6 Å². The van der Waals surface area contributed by atoms with Gasteiger partial charge in [0.15, 0.2) is 0 Å². The first kappa shape index (κ1) is 13.0. The van der Waals surface area contributed by atoms with Gasteiger partial charge in [0.2, 0.25) is 5.91 Å². The second-order valence-electron chi connectivity index (χ2n) is 4.52. The lowest BCUT2D eigenvalue weighted by molar-refractivity contribution is -0.116. The van der Waals surface area contributed by atoms with E-state index in [1.54, 1.807) is 0 Å². The number of carbonyl (C=O) groups excluding carboxylic acids is 1. The Kier molecular flexibility index (Phi) is 4.25. The largest absolute Gasteiger partial charge is 0.324 e. The molecule has 18 heavy (non-hydrogen) atoms. The number of carbonyl (C=O) groups is 1. The first-order valence-corrected chi connectivity index (χ1v) is 6.13. The van der Waals surface area contributed by atoms with Crippen molar-refractivity contribution in [2.45, 2.75) is 31.7 Å². The molecule has 1 aliphatic rings. The van der Waals surface area contributed by atoms with Gasteiger partial charge in [0.25, 0.3) is 0 Å². The maximum absolute atomic E-state index is 13.3. The summed E-state index contributed by atoms with van der Waals surface area (Å²) in [7, 11) is 0. The predicted molar refractivity (Wildman–Crippen MR) is 65.2 cm³/mol. The van der Waals surface area contributed by atoms with Crippen LogP contribution in [-0.4, -0.2) is 18.5 Å². The maximum atomic E-state index is 13.3. The topological polar surface area (TPSA) is 41.1 Å². The molecule has 1 saturated heterocycles. The Morgan fingerprint density at radius 2 is 2.22 bits per heavy atom. The van der Waals surface area contributed by atoms with E-state index in [-0.39, 0.29) is 17.6 Å². The highest BCUT2D eigenvalue weighted by Crippen LogP contribution is 2.16. The third-order valence-corrected chi connectivity index (χ3v) is 3.05. The molecule has 1 amide bonds. The molecule has 1 aromatic rings. The standard InChI is InChI=1S/C13H16F2N2O/c14-9-4-5-12(11(15)7-9)17-13(18)8-10-3-1-2-6-16-10/h4-5,7,10,16H,1-3,6,8H2,(H,17,18). The van der Waals surface area contributed by atoms with Gasteiger partial charge in [-0.2, -0.15) is 0 Å². The maximum Gasteiger partial charge on any atom is 0.226 e. The van der Waals surface area contributed by atoms with E-state index in [9.17, 15) is 13.6 Å². The summed E-state index contributed by atoms with van der Waals surface area (Å²) in [6.45, 7) is 0.920. The molecule has 1 aromatic carbocycles. The second-order valence-corrected chi connectivity index (χ2v) is 4.52. The fourth-order valence-corrected chi connectivity index (χ4v) is 2.11. The third kappa shape index (κ3) is 3.50. The Bertz CT molecular complexity index is 431. The highest BCUT2D eigenvalue weighted by atomic mass is 19.1. The fourth-order valence-electron chi connectivity index (χ4n) is 2.11. The van der Waals surface area contributed by atoms with E-state index >= 15 is 0 Å². The third-order valence-electron chi connectivity index (χ3n) is 3.05. The Morgan fingerprint density at radius 1 is 1.39 bits per heavy atom. The summed E-state index contributed by atoms with van der Waals surface area (Å²) in [5, 5.41) is 5.71. The van der Waals surface area contributed by atoms with E-state index in [2.05, 4.69) is 10.6 Å². The van der Waals surface area contributed by atoms with Crippen LogP contribution in [0.4, 0.5) is 14.5 Å². The smallest absolute Gasteiger partial charge is 0.226 e. The van der Waals surface area contributed by atoms with Gasteiger partial charge in [0.1, 0.15) is 11.6 Å². The van der Waals surface area contributed by atoms with Crippen molar-refractivity contribution in [3.8, 4) is 0 Å². The minimum Gasteiger partial charge on any atom is -0.324 e. The summed E-state index contributed by atoms with van der Waals surface area (Å²) in [5.41, 5.74) is 0.0252. The van der Waals surface area contributed by atoms with Gasteiger partial charge in [0, 0.05) is 18.5 Å². The number of hydrogen-bond donors (Lipinski definition) is 2. The first-order valence-electron chi connectivity index (χ1n) is 6.13. The number of amides is 1.